The molecule has 1 aromatic heterocycles. The summed E-state index contributed by atoms with van der Waals surface area (Å²) in [5.74, 6) is -0.344. The summed E-state index contributed by atoms with van der Waals surface area (Å²) in [7, 11) is 0. The molecule has 0 fully saturated rings. The maximum atomic E-state index is 12.4. The van der Waals surface area contributed by atoms with Crippen molar-refractivity contribution < 1.29 is 14.3 Å². The Morgan fingerprint density at radius 3 is 2.56 bits per heavy atom. The summed E-state index contributed by atoms with van der Waals surface area (Å²) in [6, 6.07) is 14.3. The lowest BCUT2D eigenvalue weighted by Gasteiger charge is -2.03. The van der Waals surface area contributed by atoms with E-state index in [1.54, 1.807) is 24.3 Å². The molecule has 0 bridgehead atoms. The molecule has 0 atom stereocenters. The number of hydrogen-bond donors (Lipinski definition) is 1. The molecule has 3 rings (SSSR count). The van der Waals surface area contributed by atoms with E-state index in [2.05, 4.69) is 10.5 Å². The van der Waals surface area contributed by atoms with Gasteiger partial charge in [0.05, 0.1) is 11.2 Å². The molecule has 0 unspecified atom stereocenters. The fourth-order valence-corrected chi connectivity index (χ4v) is 3.50. The summed E-state index contributed by atoms with van der Waals surface area (Å²) >= 11 is 7.58. The molecule has 0 saturated carbocycles. The molecule has 0 aliphatic rings. The smallest absolute Gasteiger partial charge is 0.355 e. The fourth-order valence-electron chi connectivity index (χ4n) is 2.12. The van der Waals surface area contributed by atoms with Gasteiger partial charge in [0.1, 0.15) is 10.6 Å². The van der Waals surface area contributed by atoms with E-state index >= 15 is 0 Å². The highest BCUT2D eigenvalue weighted by Crippen LogP contribution is 2.35. The SMILES string of the molecule is CC(=O)N/N=C\c1ccc(OC(=O)c2sc3ccccc3c2Cl)cc1. The van der Waals surface area contributed by atoms with Gasteiger partial charge in [-0.05, 0) is 35.9 Å². The molecule has 5 nitrogen and oxygen atoms in total. The monoisotopic (exact) mass is 372 g/mol. The first-order valence-corrected chi connectivity index (χ1v) is 8.53. The summed E-state index contributed by atoms with van der Waals surface area (Å²) < 4.78 is 6.32. The van der Waals surface area contributed by atoms with Crippen LogP contribution >= 0.6 is 22.9 Å². The van der Waals surface area contributed by atoms with Crippen LogP contribution in [0.3, 0.4) is 0 Å². The van der Waals surface area contributed by atoms with Crippen LogP contribution in [0.15, 0.2) is 53.6 Å². The molecule has 3 aromatic rings. The minimum atomic E-state index is -0.495. The lowest BCUT2D eigenvalue weighted by molar-refractivity contribution is -0.118. The molecule has 1 N–H and O–H groups in total. The fraction of sp³-hybridized carbons (Fsp3) is 0.0556. The van der Waals surface area contributed by atoms with Crippen LogP contribution in [0.4, 0.5) is 0 Å². The van der Waals surface area contributed by atoms with Gasteiger partial charge in [-0.25, -0.2) is 10.2 Å². The van der Waals surface area contributed by atoms with E-state index in [9.17, 15) is 9.59 Å². The van der Waals surface area contributed by atoms with Crippen LogP contribution in [0.2, 0.25) is 5.02 Å². The first kappa shape index (κ1) is 17.1. The largest absolute Gasteiger partial charge is 0.422 e. The first-order chi connectivity index (χ1) is 12.0. The molecular formula is C18H13ClN2O3S. The predicted molar refractivity (Wildman–Crippen MR) is 99.6 cm³/mol. The molecule has 0 spiro atoms. The average molecular weight is 373 g/mol. The van der Waals surface area contributed by atoms with Crippen LogP contribution in [-0.4, -0.2) is 18.1 Å². The predicted octanol–water partition coefficient (Wildman–Crippen LogP) is 4.24. The number of carbonyl (C=O) groups excluding carboxylic acids is 2. The molecule has 126 valence electrons. The van der Waals surface area contributed by atoms with Crippen molar-refractivity contribution >= 4 is 51.1 Å². The molecule has 0 radical (unpaired) electrons. The van der Waals surface area contributed by atoms with Gasteiger partial charge in [0.2, 0.25) is 5.91 Å². The standard InChI is InChI=1S/C18H13ClN2O3S/c1-11(22)21-20-10-12-6-8-13(9-7-12)24-18(23)17-16(19)14-4-2-3-5-15(14)25-17/h2-10H,1H3,(H,21,22)/b20-10-. The second-order valence-corrected chi connectivity index (χ2v) is 6.56. The second kappa shape index (κ2) is 7.46. The molecule has 7 heteroatoms. The normalized spacial score (nSPS) is 11.0. The number of fused-ring (bicyclic) bond motifs is 1. The van der Waals surface area contributed by atoms with Gasteiger partial charge in [-0.2, -0.15) is 5.10 Å². The number of nitrogens with zero attached hydrogens (tertiary/aromatic N) is 1. The maximum Gasteiger partial charge on any atom is 0.355 e. The minimum absolute atomic E-state index is 0.248. The third-order valence-electron chi connectivity index (χ3n) is 3.25. The summed E-state index contributed by atoms with van der Waals surface area (Å²) in [6.45, 7) is 1.37. The molecular weight excluding hydrogens is 360 g/mol. The summed E-state index contributed by atoms with van der Waals surface area (Å²) in [6.07, 6.45) is 1.50. The maximum absolute atomic E-state index is 12.4. The van der Waals surface area contributed by atoms with Crippen molar-refractivity contribution in [1.82, 2.24) is 5.43 Å². The van der Waals surface area contributed by atoms with E-state index < -0.39 is 5.97 Å². The van der Waals surface area contributed by atoms with Gasteiger partial charge in [-0.15, -0.1) is 11.3 Å². The van der Waals surface area contributed by atoms with Crippen LogP contribution in [0, 0.1) is 0 Å². The van der Waals surface area contributed by atoms with Crippen molar-refractivity contribution in [3.8, 4) is 5.75 Å². The lowest BCUT2D eigenvalue weighted by atomic mass is 10.2. The summed E-state index contributed by atoms with van der Waals surface area (Å²) in [5.41, 5.74) is 3.07. The van der Waals surface area contributed by atoms with Crippen molar-refractivity contribution in [3.05, 3.63) is 64.0 Å². The third-order valence-corrected chi connectivity index (χ3v) is 4.90. The van der Waals surface area contributed by atoms with Crippen LogP contribution in [0.1, 0.15) is 22.2 Å². The number of halogens is 1. The summed E-state index contributed by atoms with van der Waals surface area (Å²) in [4.78, 5) is 23.5. The Bertz CT molecular complexity index is 964. The number of ether oxygens (including phenoxy) is 1. The number of benzene rings is 2. The van der Waals surface area contributed by atoms with E-state index in [1.807, 2.05) is 24.3 Å². The van der Waals surface area contributed by atoms with Crippen molar-refractivity contribution in [3.63, 3.8) is 0 Å². The number of thiophene rings is 1. The van der Waals surface area contributed by atoms with Gasteiger partial charge in [-0.3, -0.25) is 4.79 Å². The van der Waals surface area contributed by atoms with E-state index in [0.29, 0.717) is 15.6 Å². The van der Waals surface area contributed by atoms with Crippen LogP contribution in [0.5, 0.6) is 5.75 Å². The topological polar surface area (TPSA) is 67.8 Å². The van der Waals surface area contributed by atoms with E-state index in [0.717, 1.165) is 15.6 Å². The zero-order valence-corrected chi connectivity index (χ0v) is 14.7. The van der Waals surface area contributed by atoms with Crippen molar-refractivity contribution in [2.24, 2.45) is 5.10 Å². The minimum Gasteiger partial charge on any atom is -0.422 e. The number of esters is 1. The molecule has 25 heavy (non-hydrogen) atoms. The molecule has 1 amide bonds. The second-order valence-electron chi connectivity index (χ2n) is 5.13. The molecule has 1 heterocycles. The molecule has 0 saturated heterocycles. The number of hydrogen-bond acceptors (Lipinski definition) is 5. The van der Waals surface area contributed by atoms with Gasteiger partial charge >= 0.3 is 5.97 Å². The Morgan fingerprint density at radius 2 is 1.88 bits per heavy atom. The lowest BCUT2D eigenvalue weighted by Crippen LogP contribution is -2.12. The van der Waals surface area contributed by atoms with E-state index in [-0.39, 0.29) is 5.91 Å². The van der Waals surface area contributed by atoms with Gasteiger partial charge in [0.15, 0.2) is 0 Å². The Morgan fingerprint density at radius 1 is 1.16 bits per heavy atom. The number of hydrazone groups is 1. The number of nitrogens with one attached hydrogen (secondary N) is 1. The highest BCUT2D eigenvalue weighted by Gasteiger charge is 2.18. The van der Waals surface area contributed by atoms with Crippen LogP contribution in [-0.2, 0) is 4.79 Å². The molecule has 0 aliphatic heterocycles. The Balaban J connectivity index is 1.73. The van der Waals surface area contributed by atoms with Crippen LogP contribution in [0.25, 0.3) is 10.1 Å². The van der Waals surface area contributed by atoms with Gasteiger partial charge in [0, 0.05) is 17.0 Å². The third kappa shape index (κ3) is 4.04. The van der Waals surface area contributed by atoms with E-state index in [1.165, 1.54) is 24.5 Å². The first-order valence-electron chi connectivity index (χ1n) is 7.33. The molecule has 2 aromatic carbocycles. The van der Waals surface area contributed by atoms with Gasteiger partial charge in [0.25, 0.3) is 0 Å². The van der Waals surface area contributed by atoms with Crippen molar-refractivity contribution in [2.45, 2.75) is 6.92 Å². The van der Waals surface area contributed by atoms with Gasteiger partial charge in [-0.1, -0.05) is 29.8 Å². The van der Waals surface area contributed by atoms with Crippen molar-refractivity contribution in [2.75, 3.05) is 0 Å². The Kier molecular flexibility index (Phi) is 5.11. The highest BCUT2D eigenvalue weighted by atomic mass is 35.5. The summed E-state index contributed by atoms with van der Waals surface area (Å²) in [5, 5.41) is 5.01. The van der Waals surface area contributed by atoms with E-state index in [4.69, 9.17) is 16.3 Å². The van der Waals surface area contributed by atoms with Gasteiger partial charge < -0.3 is 4.74 Å². The average Bonchev–Trinajstić information content (AvgIpc) is 2.94. The quantitative estimate of drug-likeness (QED) is 0.322. The zero-order chi connectivity index (χ0) is 17.8. The van der Waals surface area contributed by atoms with Crippen LogP contribution < -0.4 is 10.2 Å². The molecule has 0 aliphatic carbocycles. The number of rotatable bonds is 4. The number of carbonyl (C=O) groups is 2. The van der Waals surface area contributed by atoms with Crippen molar-refractivity contribution in [1.29, 1.82) is 0 Å². The highest BCUT2D eigenvalue weighted by molar-refractivity contribution is 7.21. The Labute approximate surface area is 152 Å². The Hall–Kier alpha value is -2.70. The number of amides is 1. The zero-order valence-electron chi connectivity index (χ0n) is 13.2.